The predicted octanol–water partition coefficient (Wildman–Crippen LogP) is 4.81. The summed E-state index contributed by atoms with van der Waals surface area (Å²) in [7, 11) is 0. The fraction of sp³-hybridized carbons (Fsp3) is 0.143. The van der Waals surface area contributed by atoms with E-state index in [1.54, 1.807) is 0 Å². The second kappa shape index (κ2) is 6.76. The molecule has 0 saturated heterocycles. The molecular weight excluding hydrogens is 271 g/mol. The zero-order chi connectivity index (χ0) is 12.8. The van der Waals surface area contributed by atoms with Crippen LogP contribution in [-0.2, 0) is 9.78 Å². The van der Waals surface area contributed by atoms with E-state index in [9.17, 15) is 0 Å². The maximum absolute atomic E-state index is 6.03. The van der Waals surface area contributed by atoms with Gasteiger partial charge in [0.05, 0.1) is 0 Å². The van der Waals surface area contributed by atoms with E-state index in [1.165, 1.54) is 0 Å². The highest BCUT2D eigenvalue weighted by Crippen LogP contribution is 2.27. The van der Waals surface area contributed by atoms with Crippen LogP contribution in [0.5, 0.6) is 0 Å². The van der Waals surface area contributed by atoms with Gasteiger partial charge in [0, 0.05) is 0 Å². The summed E-state index contributed by atoms with van der Waals surface area (Å²) in [5.74, 6) is 0. The average molecular weight is 283 g/mol. The highest BCUT2D eigenvalue weighted by molar-refractivity contribution is 6.20. The van der Waals surface area contributed by atoms with Gasteiger partial charge in [0.1, 0.15) is 0 Å². The lowest BCUT2D eigenvalue weighted by Crippen LogP contribution is -2.02. The Morgan fingerprint density at radius 3 is 1.28 bits per heavy atom. The third-order valence-corrected chi connectivity index (χ3v) is 3.00. The van der Waals surface area contributed by atoms with Crippen molar-refractivity contribution in [3.8, 4) is 0 Å². The molecule has 0 aliphatic heterocycles. The number of hydrogen-bond donors (Lipinski definition) is 0. The number of rotatable bonds is 5. The predicted molar refractivity (Wildman–Crippen MR) is 72.2 cm³/mol. The summed E-state index contributed by atoms with van der Waals surface area (Å²) < 4.78 is 0. The van der Waals surface area contributed by atoms with Crippen molar-refractivity contribution >= 4 is 23.2 Å². The second-order valence-electron chi connectivity index (χ2n) is 3.65. The molecule has 0 N–H and O–H groups in total. The maximum Gasteiger partial charge on any atom is 0.191 e. The summed E-state index contributed by atoms with van der Waals surface area (Å²) in [6.07, 6.45) is 0. The minimum atomic E-state index is -0.684. The smallest absolute Gasteiger partial charge is 0.191 e. The first-order valence-corrected chi connectivity index (χ1v) is 6.35. The molecule has 0 spiro atoms. The van der Waals surface area contributed by atoms with Crippen LogP contribution in [0.15, 0.2) is 60.7 Å². The molecule has 2 atom stereocenters. The minimum absolute atomic E-state index is 0.684. The van der Waals surface area contributed by atoms with Crippen LogP contribution >= 0.6 is 23.2 Å². The van der Waals surface area contributed by atoms with Crippen LogP contribution in [0, 0.1) is 0 Å². The van der Waals surface area contributed by atoms with Crippen LogP contribution < -0.4 is 0 Å². The van der Waals surface area contributed by atoms with Crippen LogP contribution in [0.3, 0.4) is 0 Å². The summed E-state index contributed by atoms with van der Waals surface area (Å²) >= 11 is 12.1. The maximum atomic E-state index is 6.03. The van der Waals surface area contributed by atoms with Gasteiger partial charge < -0.3 is 0 Å². The summed E-state index contributed by atoms with van der Waals surface area (Å²) in [6, 6.07) is 18.7. The van der Waals surface area contributed by atoms with Gasteiger partial charge in [0.15, 0.2) is 11.1 Å². The molecule has 0 heterocycles. The fourth-order valence-corrected chi connectivity index (χ4v) is 1.79. The monoisotopic (exact) mass is 282 g/mol. The van der Waals surface area contributed by atoms with Crippen molar-refractivity contribution in [2.24, 2.45) is 0 Å². The third kappa shape index (κ3) is 3.72. The number of hydrogen-bond acceptors (Lipinski definition) is 2. The van der Waals surface area contributed by atoms with E-state index >= 15 is 0 Å². The third-order valence-electron chi connectivity index (χ3n) is 2.35. The van der Waals surface area contributed by atoms with Crippen LogP contribution in [0.1, 0.15) is 22.3 Å². The Morgan fingerprint density at radius 2 is 0.944 bits per heavy atom. The molecule has 2 unspecified atom stereocenters. The Labute approximate surface area is 116 Å². The Kier molecular flexibility index (Phi) is 5.02. The molecule has 0 radical (unpaired) electrons. The normalized spacial score (nSPS) is 14.1. The Hall–Kier alpha value is -1.06. The highest BCUT2D eigenvalue weighted by Gasteiger charge is 2.13. The molecule has 0 aromatic heterocycles. The quantitative estimate of drug-likeness (QED) is 0.445. The molecule has 0 saturated carbocycles. The lowest BCUT2D eigenvalue weighted by Gasteiger charge is -2.14. The molecule has 2 nitrogen and oxygen atoms in total. The average Bonchev–Trinajstić information content (AvgIpc) is 2.46. The van der Waals surface area contributed by atoms with Crippen LogP contribution in [-0.4, -0.2) is 0 Å². The van der Waals surface area contributed by atoms with Crippen LogP contribution in [0.4, 0.5) is 0 Å². The van der Waals surface area contributed by atoms with Crippen molar-refractivity contribution in [2.75, 3.05) is 0 Å². The van der Waals surface area contributed by atoms with E-state index in [-0.39, 0.29) is 0 Å². The fourth-order valence-electron chi connectivity index (χ4n) is 1.42. The number of halogens is 2. The van der Waals surface area contributed by atoms with Crippen molar-refractivity contribution in [3.05, 3.63) is 71.8 Å². The largest absolute Gasteiger partial charge is 0.210 e. The highest BCUT2D eigenvalue weighted by atomic mass is 35.5. The van der Waals surface area contributed by atoms with E-state index < -0.39 is 11.1 Å². The lowest BCUT2D eigenvalue weighted by atomic mass is 10.2. The van der Waals surface area contributed by atoms with Gasteiger partial charge in [0.2, 0.25) is 0 Å². The summed E-state index contributed by atoms with van der Waals surface area (Å²) in [5, 5.41) is 0. The number of alkyl halides is 2. The number of benzene rings is 2. The first-order valence-electron chi connectivity index (χ1n) is 5.47. The molecule has 0 bridgehead atoms. The molecule has 94 valence electrons. The van der Waals surface area contributed by atoms with E-state index in [4.69, 9.17) is 33.0 Å². The SMILES string of the molecule is ClC(OOC(Cl)c1ccccc1)c1ccccc1. The van der Waals surface area contributed by atoms with Crippen molar-refractivity contribution in [1.82, 2.24) is 0 Å². The second-order valence-corrected chi connectivity index (χ2v) is 4.44. The van der Waals surface area contributed by atoms with Gasteiger partial charge in [-0.15, -0.1) is 0 Å². The Morgan fingerprint density at radius 1 is 0.611 bits per heavy atom. The van der Waals surface area contributed by atoms with Gasteiger partial charge >= 0.3 is 0 Å². The molecule has 0 aliphatic carbocycles. The van der Waals surface area contributed by atoms with Gasteiger partial charge in [-0.1, -0.05) is 83.9 Å². The molecule has 18 heavy (non-hydrogen) atoms. The van der Waals surface area contributed by atoms with Gasteiger partial charge in [0.25, 0.3) is 0 Å². The summed E-state index contributed by atoms with van der Waals surface area (Å²) in [6.45, 7) is 0. The summed E-state index contributed by atoms with van der Waals surface area (Å²) in [5.41, 5.74) is 0.263. The molecule has 4 heteroatoms. The molecule has 2 rings (SSSR count). The lowest BCUT2D eigenvalue weighted by molar-refractivity contribution is -0.322. The van der Waals surface area contributed by atoms with E-state index in [0.717, 1.165) is 11.1 Å². The molecule has 0 aliphatic rings. The van der Waals surface area contributed by atoms with Crippen molar-refractivity contribution in [3.63, 3.8) is 0 Å². The molecule has 2 aromatic rings. The summed E-state index contributed by atoms with van der Waals surface area (Å²) in [4.78, 5) is 10.2. The van der Waals surface area contributed by atoms with Crippen LogP contribution in [0.2, 0.25) is 0 Å². The van der Waals surface area contributed by atoms with Gasteiger partial charge in [-0.2, -0.15) is 0 Å². The standard InChI is InChI=1S/C14H12Cl2O2/c15-13(11-7-3-1-4-8-11)17-18-14(16)12-9-5-2-6-10-12/h1-10,13-14H. The molecule has 2 aromatic carbocycles. The molecule has 0 amide bonds. The zero-order valence-corrected chi connectivity index (χ0v) is 11.0. The van der Waals surface area contributed by atoms with Gasteiger partial charge in [-0.25, -0.2) is 9.78 Å². The van der Waals surface area contributed by atoms with E-state index in [0.29, 0.717) is 0 Å². The Bertz CT molecular complexity index is 416. The van der Waals surface area contributed by atoms with Crippen molar-refractivity contribution in [1.29, 1.82) is 0 Å². The Balaban J connectivity index is 1.89. The molecule has 0 fully saturated rings. The van der Waals surface area contributed by atoms with E-state index in [1.807, 2.05) is 60.7 Å². The first kappa shape index (κ1) is 13.4. The topological polar surface area (TPSA) is 18.5 Å². The zero-order valence-electron chi connectivity index (χ0n) is 9.50. The van der Waals surface area contributed by atoms with Crippen molar-refractivity contribution in [2.45, 2.75) is 11.1 Å². The molecular formula is C14H12Cl2O2. The van der Waals surface area contributed by atoms with Gasteiger partial charge in [-0.05, 0) is 11.1 Å². The van der Waals surface area contributed by atoms with E-state index in [2.05, 4.69) is 0 Å². The minimum Gasteiger partial charge on any atom is -0.210 e. The van der Waals surface area contributed by atoms with Crippen molar-refractivity contribution < 1.29 is 9.78 Å². The van der Waals surface area contributed by atoms with Gasteiger partial charge in [-0.3, -0.25) is 0 Å². The first-order chi connectivity index (χ1) is 8.77. The van der Waals surface area contributed by atoms with Crippen LogP contribution in [0.25, 0.3) is 0 Å².